The van der Waals surface area contributed by atoms with Crippen LogP contribution in [0.2, 0.25) is 0 Å². The first kappa shape index (κ1) is 15.7. The number of rotatable bonds is 2. The van der Waals surface area contributed by atoms with Crippen molar-refractivity contribution in [2.75, 3.05) is 6.61 Å². The molecule has 20 heavy (non-hydrogen) atoms. The molecule has 2 aliphatic rings. The first-order valence-electron chi connectivity index (χ1n) is 7.46. The number of halogens is 1. The molecule has 0 unspecified atom stereocenters. The van der Waals surface area contributed by atoms with Crippen LogP contribution in [0.4, 0.5) is 0 Å². The molecule has 0 aromatic heterocycles. The minimum Gasteiger partial charge on any atom is -0.379 e. The highest BCUT2D eigenvalue weighted by atomic mass is 79.9. The Kier molecular flexibility index (Phi) is 5.39. The van der Waals surface area contributed by atoms with Crippen molar-refractivity contribution >= 4 is 21.7 Å². The van der Waals surface area contributed by atoms with Gasteiger partial charge in [-0.1, -0.05) is 34.7 Å². The van der Waals surface area contributed by atoms with E-state index in [4.69, 9.17) is 4.74 Å². The van der Waals surface area contributed by atoms with Gasteiger partial charge in [0.2, 0.25) is 0 Å². The van der Waals surface area contributed by atoms with E-state index in [1.165, 1.54) is 0 Å². The molecule has 1 spiro atoms. The Morgan fingerprint density at radius 1 is 1.40 bits per heavy atom. The third-order valence-corrected chi connectivity index (χ3v) is 4.94. The SMILES string of the molecule is C=C1/C=C(Br)\C=C/CCC2(CCC(OCC)CC2)C1=O. The van der Waals surface area contributed by atoms with Gasteiger partial charge < -0.3 is 4.74 Å². The number of Topliss-reactive ketones (excluding diaryl/α,β-unsaturated/α-hetero) is 1. The first-order valence-corrected chi connectivity index (χ1v) is 8.26. The fourth-order valence-electron chi connectivity index (χ4n) is 3.31. The van der Waals surface area contributed by atoms with Crippen LogP contribution < -0.4 is 0 Å². The lowest BCUT2D eigenvalue weighted by Gasteiger charge is -2.39. The molecule has 0 bridgehead atoms. The summed E-state index contributed by atoms with van der Waals surface area (Å²) in [5.41, 5.74) is 0.404. The van der Waals surface area contributed by atoms with Crippen LogP contribution in [-0.2, 0) is 9.53 Å². The van der Waals surface area contributed by atoms with E-state index >= 15 is 0 Å². The number of ketones is 1. The van der Waals surface area contributed by atoms with Gasteiger partial charge in [0.25, 0.3) is 0 Å². The average molecular weight is 339 g/mol. The van der Waals surface area contributed by atoms with Gasteiger partial charge in [0.1, 0.15) is 0 Å². The molecule has 0 atom stereocenters. The highest BCUT2D eigenvalue weighted by molar-refractivity contribution is 9.11. The van der Waals surface area contributed by atoms with Crippen LogP contribution in [0.5, 0.6) is 0 Å². The van der Waals surface area contributed by atoms with Gasteiger partial charge in [-0.05, 0) is 51.5 Å². The molecule has 3 heteroatoms. The third-order valence-electron chi connectivity index (χ3n) is 4.44. The van der Waals surface area contributed by atoms with Gasteiger partial charge in [-0.2, -0.15) is 0 Å². The van der Waals surface area contributed by atoms with Crippen molar-refractivity contribution in [1.82, 2.24) is 0 Å². The van der Waals surface area contributed by atoms with Crippen LogP contribution in [0.15, 0.2) is 34.9 Å². The lowest BCUT2D eigenvalue weighted by atomic mass is 9.66. The van der Waals surface area contributed by atoms with E-state index in [-0.39, 0.29) is 11.2 Å². The quantitative estimate of drug-likeness (QED) is 0.681. The molecule has 0 aromatic carbocycles. The predicted octanol–water partition coefficient (Wildman–Crippen LogP) is 4.71. The fourth-order valence-corrected chi connectivity index (χ4v) is 3.78. The van der Waals surface area contributed by atoms with E-state index in [9.17, 15) is 4.79 Å². The van der Waals surface area contributed by atoms with Gasteiger partial charge in [0.05, 0.1) is 6.10 Å². The molecule has 1 fully saturated rings. The molecule has 2 rings (SSSR count). The van der Waals surface area contributed by atoms with Gasteiger partial charge in [-0.25, -0.2) is 0 Å². The molecule has 0 aliphatic heterocycles. The van der Waals surface area contributed by atoms with Crippen LogP contribution in [0.3, 0.4) is 0 Å². The summed E-state index contributed by atoms with van der Waals surface area (Å²) in [6.45, 7) is 6.77. The minimum absolute atomic E-state index is 0.219. The molecule has 0 heterocycles. The summed E-state index contributed by atoms with van der Waals surface area (Å²) in [4.78, 5) is 12.8. The molecule has 0 radical (unpaired) electrons. The number of hydrogen-bond donors (Lipinski definition) is 0. The second-order valence-electron chi connectivity index (χ2n) is 5.76. The number of allylic oxidation sites excluding steroid dienone is 5. The van der Waals surface area contributed by atoms with E-state index in [1.54, 1.807) is 0 Å². The minimum atomic E-state index is -0.219. The highest BCUT2D eigenvalue weighted by Gasteiger charge is 2.41. The lowest BCUT2D eigenvalue weighted by Crippen LogP contribution is -2.38. The monoisotopic (exact) mass is 338 g/mol. The molecule has 0 N–H and O–H groups in total. The van der Waals surface area contributed by atoms with E-state index in [1.807, 2.05) is 19.1 Å². The molecule has 110 valence electrons. The van der Waals surface area contributed by atoms with E-state index in [0.29, 0.717) is 11.7 Å². The highest BCUT2D eigenvalue weighted by Crippen LogP contribution is 2.44. The molecule has 0 aromatic rings. The summed E-state index contributed by atoms with van der Waals surface area (Å²) in [6.07, 6.45) is 12.0. The van der Waals surface area contributed by atoms with Crippen molar-refractivity contribution in [2.24, 2.45) is 5.41 Å². The second-order valence-corrected chi connectivity index (χ2v) is 6.68. The Labute approximate surface area is 130 Å². The Balaban J connectivity index is 2.15. The van der Waals surface area contributed by atoms with Gasteiger partial charge in [0.15, 0.2) is 5.78 Å². The molecule has 2 nitrogen and oxygen atoms in total. The standard InChI is InChI=1S/C17H23BrO2/c1-3-20-15-7-10-17(11-8-15)9-5-4-6-14(18)12-13(2)16(17)19/h4,6,12,15H,2-3,5,7-11H2,1H3/b6-4-,14-12+. The van der Waals surface area contributed by atoms with Gasteiger partial charge in [0, 0.05) is 22.1 Å². The van der Waals surface area contributed by atoms with E-state index in [0.717, 1.165) is 49.6 Å². The van der Waals surface area contributed by atoms with Crippen molar-refractivity contribution in [3.05, 3.63) is 34.9 Å². The van der Waals surface area contributed by atoms with Gasteiger partial charge >= 0.3 is 0 Å². The Morgan fingerprint density at radius 3 is 2.75 bits per heavy atom. The summed E-state index contributed by atoms with van der Waals surface area (Å²) >= 11 is 3.46. The zero-order valence-electron chi connectivity index (χ0n) is 12.2. The topological polar surface area (TPSA) is 26.3 Å². The van der Waals surface area contributed by atoms with Crippen molar-refractivity contribution in [1.29, 1.82) is 0 Å². The maximum Gasteiger partial charge on any atom is 0.168 e. The van der Waals surface area contributed by atoms with Crippen LogP contribution in [-0.4, -0.2) is 18.5 Å². The molecule has 0 saturated heterocycles. The number of ether oxygens (including phenoxy) is 1. The fraction of sp³-hybridized carbons (Fsp3) is 0.588. The second kappa shape index (κ2) is 6.86. The molecular weight excluding hydrogens is 316 g/mol. The summed E-state index contributed by atoms with van der Waals surface area (Å²) in [6, 6.07) is 0. The van der Waals surface area contributed by atoms with Crippen LogP contribution in [0.1, 0.15) is 45.4 Å². The van der Waals surface area contributed by atoms with Crippen molar-refractivity contribution in [2.45, 2.75) is 51.6 Å². The maximum atomic E-state index is 12.8. The number of carbonyl (C=O) groups is 1. The lowest BCUT2D eigenvalue weighted by molar-refractivity contribution is -0.128. The largest absolute Gasteiger partial charge is 0.379 e. The third kappa shape index (κ3) is 3.50. The number of hydrogen-bond acceptors (Lipinski definition) is 2. The first-order chi connectivity index (χ1) is 9.57. The summed E-state index contributed by atoms with van der Waals surface area (Å²) in [5.74, 6) is 0.230. The normalized spacial score (nSPS) is 35.9. The van der Waals surface area contributed by atoms with Gasteiger partial charge in [-0.15, -0.1) is 0 Å². The summed E-state index contributed by atoms with van der Waals surface area (Å²) in [7, 11) is 0. The van der Waals surface area contributed by atoms with E-state index < -0.39 is 0 Å². The van der Waals surface area contributed by atoms with Crippen molar-refractivity contribution in [3.63, 3.8) is 0 Å². The zero-order valence-corrected chi connectivity index (χ0v) is 13.7. The molecule has 1 saturated carbocycles. The summed E-state index contributed by atoms with van der Waals surface area (Å²) in [5, 5.41) is 0. The van der Waals surface area contributed by atoms with Crippen molar-refractivity contribution in [3.8, 4) is 0 Å². The van der Waals surface area contributed by atoms with Gasteiger partial charge in [-0.3, -0.25) is 4.79 Å². The smallest absolute Gasteiger partial charge is 0.168 e. The van der Waals surface area contributed by atoms with E-state index in [2.05, 4.69) is 28.6 Å². The predicted molar refractivity (Wildman–Crippen MR) is 85.8 cm³/mol. The molecular formula is C17H23BrO2. The molecule has 0 amide bonds. The van der Waals surface area contributed by atoms with Crippen LogP contribution in [0.25, 0.3) is 0 Å². The molecule has 2 aliphatic carbocycles. The Hall–Kier alpha value is -0.670. The Bertz CT molecular complexity index is 440. The van der Waals surface area contributed by atoms with Crippen molar-refractivity contribution < 1.29 is 9.53 Å². The maximum absolute atomic E-state index is 12.8. The number of carbonyl (C=O) groups excluding carboxylic acids is 1. The zero-order chi connectivity index (χ0) is 14.6. The van der Waals surface area contributed by atoms with Crippen LogP contribution >= 0.6 is 15.9 Å². The van der Waals surface area contributed by atoms with Crippen LogP contribution in [0, 0.1) is 5.41 Å². The average Bonchev–Trinajstić information content (AvgIpc) is 2.48. The Morgan fingerprint density at radius 2 is 2.10 bits per heavy atom. The summed E-state index contributed by atoms with van der Waals surface area (Å²) < 4.78 is 6.64.